The molecule has 1 amide bonds. The molecule has 0 aromatic carbocycles. The third kappa shape index (κ3) is 4.22. The van der Waals surface area contributed by atoms with Crippen LogP contribution in [0.2, 0.25) is 0 Å². The van der Waals surface area contributed by atoms with Gasteiger partial charge in [-0.3, -0.25) is 4.79 Å². The van der Waals surface area contributed by atoms with Crippen molar-refractivity contribution in [3.8, 4) is 0 Å². The van der Waals surface area contributed by atoms with E-state index in [2.05, 4.69) is 20.8 Å². The van der Waals surface area contributed by atoms with Gasteiger partial charge >= 0.3 is 0 Å². The van der Waals surface area contributed by atoms with Gasteiger partial charge in [-0.2, -0.15) is 0 Å². The number of carbonyl (C=O) groups excluding carboxylic acids is 1. The van der Waals surface area contributed by atoms with Crippen LogP contribution in [0.4, 0.5) is 0 Å². The highest BCUT2D eigenvalue weighted by molar-refractivity contribution is 8.01. The number of carbonyl (C=O) groups is 1. The molecule has 5 nitrogen and oxygen atoms in total. The van der Waals surface area contributed by atoms with E-state index in [9.17, 15) is 4.79 Å². The summed E-state index contributed by atoms with van der Waals surface area (Å²) in [5.74, 6) is 1.33. The monoisotopic (exact) mass is 286 g/mol. The lowest BCUT2D eigenvalue weighted by molar-refractivity contribution is -0.124. The molecule has 2 rings (SSSR count). The predicted molar refractivity (Wildman–Crippen MR) is 74.0 cm³/mol. The van der Waals surface area contributed by atoms with Crippen molar-refractivity contribution in [3.05, 3.63) is 5.01 Å². The Labute approximate surface area is 115 Å². The zero-order valence-electron chi connectivity index (χ0n) is 10.4. The van der Waals surface area contributed by atoms with Gasteiger partial charge in [-0.15, -0.1) is 10.2 Å². The first kappa shape index (κ1) is 13.8. The van der Waals surface area contributed by atoms with Crippen LogP contribution in [0.3, 0.4) is 0 Å². The summed E-state index contributed by atoms with van der Waals surface area (Å²) in [6.45, 7) is 4.49. The first-order valence-electron chi connectivity index (χ1n) is 6.17. The van der Waals surface area contributed by atoms with Gasteiger partial charge < -0.3 is 10.6 Å². The van der Waals surface area contributed by atoms with Gasteiger partial charge in [-0.1, -0.05) is 23.1 Å². The van der Waals surface area contributed by atoms with E-state index in [1.807, 2.05) is 6.92 Å². The number of rotatable bonds is 6. The van der Waals surface area contributed by atoms with E-state index < -0.39 is 0 Å². The molecule has 1 aromatic rings. The first-order chi connectivity index (χ1) is 8.75. The summed E-state index contributed by atoms with van der Waals surface area (Å²) in [6.07, 6.45) is 1.93. The maximum atomic E-state index is 11.7. The van der Waals surface area contributed by atoms with Gasteiger partial charge in [0.2, 0.25) is 5.91 Å². The average Bonchev–Trinajstić information content (AvgIpc) is 2.99. The van der Waals surface area contributed by atoms with Crippen molar-refractivity contribution in [2.75, 3.05) is 25.4 Å². The van der Waals surface area contributed by atoms with Crippen LogP contribution in [-0.2, 0) is 4.79 Å². The lowest BCUT2D eigenvalue weighted by atomic mass is 10.1. The van der Waals surface area contributed by atoms with E-state index in [1.165, 1.54) is 0 Å². The predicted octanol–water partition coefficient (Wildman–Crippen LogP) is 1.05. The molecule has 18 heavy (non-hydrogen) atoms. The number of aromatic nitrogens is 2. The Bertz CT molecular complexity index is 390. The summed E-state index contributed by atoms with van der Waals surface area (Å²) in [5, 5.41) is 15.2. The molecule has 1 atom stereocenters. The fourth-order valence-electron chi connectivity index (χ4n) is 1.80. The fourth-order valence-corrected chi connectivity index (χ4v) is 3.63. The molecule has 1 unspecified atom stereocenters. The van der Waals surface area contributed by atoms with E-state index in [4.69, 9.17) is 0 Å². The van der Waals surface area contributed by atoms with Crippen LogP contribution in [0.5, 0.6) is 0 Å². The first-order valence-corrected chi connectivity index (χ1v) is 7.97. The van der Waals surface area contributed by atoms with Crippen molar-refractivity contribution in [2.45, 2.75) is 24.1 Å². The topological polar surface area (TPSA) is 66.9 Å². The Hall–Kier alpha value is -0.660. The second-order valence-corrected chi connectivity index (χ2v) is 6.79. The second kappa shape index (κ2) is 7.06. The number of amides is 1. The molecule has 7 heteroatoms. The van der Waals surface area contributed by atoms with E-state index in [1.54, 1.807) is 23.1 Å². The van der Waals surface area contributed by atoms with Crippen molar-refractivity contribution in [1.29, 1.82) is 0 Å². The summed E-state index contributed by atoms with van der Waals surface area (Å²) in [5.41, 5.74) is 0. The van der Waals surface area contributed by atoms with E-state index in [0.29, 0.717) is 0 Å². The van der Waals surface area contributed by atoms with Crippen molar-refractivity contribution < 1.29 is 4.79 Å². The Morgan fingerprint density at radius 3 is 3.17 bits per heavy atom. The van der Waals surface area contributed by atoms with Crippen LogP contribution >= 0.6 is 23.1 Å². The molecule has 1 saturated heterocycles. The molecule has 100 valence electrons. The lowest BCUT2D eigenvalue weighted by Gasteiger charge is -2.09. The number of thioether (sulfide) groups is 1. The average molecular weight is 286 g/mol. The maximum absolute atomic E-state index is 11.7. The Morgan fingerprint density at radius 2 is 2.50 bits per heavy atom. The summed E-state index contributed by atoms with van der Waals surface area (Å²) >= 11 is 3.32. The molecule has 1 aliphatic heterocycles. The van der Waals surface area contributed by atoms with Crippen LogP contribution in [0.25, 0.3) is 0 Å². The van der Waals surface area contributed by atoms with Gasteiger partial charge in [0.25, 0.3) is 0 Å². The van der Waals surface area contributed by atoms with Crippen LogP contribution in [0, 0.1) is 12.8 Å². The van der Waals surface area contributed by atoms with Crippen molar-refractivity contribution >= 4 is 29.0 Å². The van der Waals surface area contributed by atoms with Crippen LogP contribution < -0.4 is 10.6 Å². The number of aryl methyl sites for hydroxylation is 1. The number of hydrogen-bond acceptors (Lipinski definition) is 6. The molecule has 2 heterocycles. The van der Waals surface area contributed by atoms with Gasteiger partial charge in [-0.05, 0) is 26.3 Å². The molecule has 1 aliphatic rings. The molecule has 0 saturated carbocycles. The second-order valence-electron chi connectivity index (χ2n) is 4.27. The smallest absolute Gasteiger partial charge is 0.224 e. The Balaban J connectivity index is 1.54. The molecule has 0 spiro atoms. The molecule has 1 fully saturated rings. The molecule has 2 N–H and O–H groups in total. The minimum atomic E-state index is 0.170. The molecular weight excluding hydrogens is 268 g/mol. The molecule has 0 aliphatic carbocycles. The highest BCUT2D eigenvalue weighted by Crippen LogP contribution is 2.22. The maximum Gasteiger partial charge on any atom is 0.224 e. The molecule has 0 radical (unpaired) electrons. The van der Waals surface area contributed by atoms with Gasteiger partial charge in [0.15, 0.2) is 4.34 Å². The third-order valence-corrected chi connectivity index (χ3v) is 4.84. The van der Waals surface area contributed by atoms with Gasteiger partial charge in [0.05, 0.1) is 5.92 Å². The van der Waals surface area contributed by atoms with Gasteiger partial charge in [0, 0.05) is 18.8 Å². The Morgan fingerprint density at radius 1 is 1.61 bits per heavy atom. The quantitative estimate of drug-likeness (QED) is 0.604. The Kier molecular flexibility index (Phi) is 5.40. The zero-order chi connectivity index (χ0) is 12.8. The van der Waals surface area contributed by atoms with E-state index in [0.717, 1.165) is 47.6 Å². The molecule has 1 aromatic heterocycles. The SMILES string of the molecule is Cc1nnc(SCCCNC(=O)C2CCNC2)s1. The highest BCUT2D eigenvalue weighted by Gasteiger charge is 2.21. The normalized spacial score (nSPS) is 19.1. The van der Waals surface area contributed by atoms with Crippen molar-refractivity contribution in [2.24, 2.45) is 5.92 Å². The van der Waals surface area contributed by atoms with E-state index >= 15 is 0 Å². The van der Waals surface area contributed by atoms with Crippen LogP contribution in [0.15, 0.2) is 4.34 Å². The number of hydrogen-bond donors (Lipinski definition) is 2. The van der Waals surface area contributed by atoms with Crippen LogP contribution in [-0.4, -0.2) is 41.5 Å². The van der Waals surface area contributed by atoms with Crippen molar-refractivity contribution in [1.82, 2.24) is 20.8 Å². The largest absolute Gasteiger partial charge is 0.356 e. The van der Waals surface area contributed by atoms with Crippen molar-refractivity contribution in [3.63, 3.8) is 0 Å². The standard InChI is InChI=1S/C11H18N4OS2/c1-8-14-15-11(18-8)17-6-2-4-13-10(16)9-3-5-12-7-9/h9,12H,2-7H2,1H3,(H,13,16). The highest BCUT2D eigenvalue weighted by atomic mass is 32.2. The number of nitrogens with zero attached hydrogens (tertiary/aromatic N) is 2. The summed E-state index contributed by atoms with van der Waals surface area (Å²) < 4.78 is 1.01. The lowest BCUT2D eigenvalue weighted by Crippen LogP contribution is -2.32. The fraction of sp³-hybridized carbons (Fsp3) is 0.727. The summed E-state index contributed by atoms with van der Waals surface area (Å²) in [6, 6.07) is 0. The summed E-state index contributed by atoms with van der Waals surface area (Å²) in [4.78, 5) is 11.7. The number of nitrogens with one attached hydrogen (secondary N) is 2. The zero-order valence-corrected chi connectivity index (χ0v) is 12.1. The minimum Gasteiger partial charge on any atom is -0.356 e. The van der Waals surface area contributed by atoms with Gasteiger partial charge in [-0.25, -0.2) is 0 Å². The van der Waals surface area contributed by atoms with Crippen LogP contribution in [0.1, 0.15) is 17.8 Å². The third-order valence-electron chi connectivity index (χ3n) is 2.78. The minimum absolute atomic E-state index is 0.170. The molecule has 0 bridgehead atoms. The molecular formula is C11H18N4OS2. The van der Waals surface area contributed by atoms with E-state index in [-0.39, 0.29) is 11.8 Å². The summed E-state index contributed by atoms with van der Waals surface area (Å²) in [7, 11) is 0. The van der Waals surface area contributed by atoms with Gasteiger partial charge in [0.1, 0.15) is 5.01 Å².